The predicted octanol–water partition coefficient (Wildman–Crippen LogP) is 6.08. The highest BCUT2D eigenvalue weighted by Gasteiger charge is 2.08. The molecule has 0 radical (unpaired) electrons. The number of hydrogen-bond donors (Lipinski definition) is 0. The maximum absolute atomic E-state index is 2.27. The van der Waals surface area contributed by atoms with Crippen molar-refractivity contribution in [3.05, 3.63) is 12.2 Å². The fraction of sp³-hybridized carbons (Fsp3) is 0.867. The minimum absolute atomic E-state index is 0. The fourth-order valence-corrected chi connectivity index (χ4v) is 0.500. The molecule has 15 heavy (non-hydrogen) atoms. The lowest BCUT2D eigenvalue weighted by molar-refractivity contribution is 0.502. The Morgan fingerprint density at radius 3 is 0.933 bits per heavy atom. The Hall–Kier alpha value is -0.260. The number of rotatable bonds is 1. The van der Waals surface area contributed by atoms with Gasteiger partial charge in [-0.25, -0.2) is 0 Å². The summed E-state index contributed by atoms with van der Waals surface area (Å²) < 4.78 is 0. The summed E-state index contributed by atoms with van der Waals surface area (Å²) in [5, 5.41) is 0. The molecule has 0 amide bonds. The molecule has 0 nitrogen and oxygen atoms in total. The Balaban J connectivity index is -0.000000249. The zero-order valence-corrected chi connectivity index (χ0v) is 11.6. The second-order valence-electron chi connectivity index (χ2n) is 6.07. The van der Waals surface area contributed by atoms with Gasteiger partial charge < -0.3 is 0 Å². The molecule has 0 rings (SSSR count). The van der Waals surface area contributed by atoms with E-state index in [0.29, 0.717) is 10.8 Å². The van der Waals surface area contributed by atoms with Gasteiger partial charge in [0.1, 0.15) is 0 Å². The fourth-order valence-electron chi connectivity index (χ4n) is 0.500. The maximum Gasteiger partial charge on any atom is -0.0203 e. The van der Waals surface area contributed by atoms with E-state index in [0.717, 1.165) is 0 Å². The molecule has 0 saturated carbocycles. The van der Waals surface area contributed by atoms with Gasteiger partial charge in [0, 0.05) is 0 Å². The van der Waals surface area contributed by atoms with E-state index >= 15 is 0 Å². The first-order valence-corrected chi connectivity index (χ1v) is 5.82. The Morgan fingerprint density at radius 2 is 0.867 bits per heavy atom. The monoisotopic (exact) mass is 214 g/mol. The second kappa shape index (κ2) is 9.00. The molecular formula is C15H34. The molecule has 0 aliphatic rings. The number of allylic oxidation sites excluding steroid dienone is 2. The highest BCUT2D eigenvalue weighted by Crippen LogP contribution is 2.21. The lowest BCUT2D eigenvalue weighted by Gasteiger charge is -2.17. The lowest BCUT2D eigenvalue weighted by Crippen LogP contribution is -2.04. The first kappa shape index (κ1) is 20.2. The zero-order chi connectivity index (χ0) is 11.8. The van der Waals surface area contributed by atoms with Crippen LogP contribution in [0, 0.1) is 10.8 Å². The third kappa shape index (κ3) is 31.6. The minimum Gasteiger partial charge on any atom is -0.0826 e. The van der Waals surface area contributed by atoms with Gasteiger partial charge in [-0.3, -0.25) is 0 Å². The summed E-state index contributed by atoms with van der Waals surface area (Å²) in [6.07, 6.45) is 7.18. The molecule has 0 aromatic rings. The van der Waals surface area contributed by atoms with Crippen LogP contribution in [0.1, 0.15) is 75.7 Å². The smallest absolute Gasteiger partial charge is 0.0203 e. The van der Waals surface area contributed by atoms with Crippen LogP contribution in [0.2, 0.25) is 0 Å². The molecular weight excluding hydrogens is 180 g/mol. The molecule has 0 atom stereocenters. The van der Waals surface area contributed by atoms with Crippen LogP contribution in [0.3, 0.4) is 0 Å². The first-order chi connectivity index (χ1) is 6.12. The van der Waals surface area contributed by atoms with Crippen molar-refractivity contribution in [2.24, 2.45) is 10.8 Å². The molecule has 94 valence electrons. The molecule has 0 spiro atoms. The van der Waals surface area contributed by atoms with Crippen LogP contribution >= 0.6 is 0 Å². The Labute approximate surface area is 99.2 Å². The van der Waals surface area contributed by atoms with Crippen LogP contribution in [0.5, 0.6) is 0 Å². The molecule has 0 aromatic heterocycles. The molecule has 0 aliphatic carbocycles. The molecule has 0 saturated heterocycles. The van der Waals surface area contributed by atoms with Gasteiger partial charge in [-0.2, -0.15) is 0 Å². The Bertz CT molecular complexity index is 120. The van der Waals surface area contributed by atoms with Crippen molar-refractivity contribution < 1.29 is 0 Å². The van der Waals surface area contributed by atoms with Gasteiger partial charge in [0.15, 0.2) is 0 Å². The molecule has 0 fully saturated rings. The molecule has 0 heterocycles. The number of hydrogen-bond acceptors (Lipinski definition) is 0. The standard InChI is InChI=1S/C10H20.C4H10.CH4/c1-9(2,3)7-8-10(4,5)6;1-3-4-2;/h7-8H,1-6H3;3-4H2,1-2H3;1H4/b8-7-;;. The van der Waals surface area contributed by atoms with Crippen LogP contribution < -0.4 is 0 Å². The average molecular weight is 214 g/mol. The lowest BCUT2D eigenvalue weighted by atomic mass is 9.89. The molecule has 0 heteroatoms. The van der Waals surface area contributed by atoms with Crippen LogP contribution in [-0.2, 0) is 0 Å². The van der Waals surface area contributed by atoms with Gasteiger partial charge in [-0.05, 0) is 10.8 Å². The van der Waals surface area contributed by atoms with Crippen molar-refractivity contribution >= 4 is 0 Å². The van der Waals surface area contributed by atoms with Crippen LogP contribution in [0.25, 0.3) is 0 Å². The summed E-state index contributed by atoms with van der Waals surface area (Å²) >= 11 is 0. The van der Waals surface area contributed by atoms with Gasteiger partial charge in [0.05, 0.1) is 0 Å². The van der Waals surface area contributed by atoms with E-state index in [2.05, 4.69) is 67.5 Å². The molecule has 0 unspecified atom stereocenters. The molecule has 0 aromatic carbocycles. The second-order valence-corrected chi connectivity index (χ2v) is 6.07. The van der Waals surface area contributed by atoms with E-state index in [1.807, 2.05) is 0 Å². The van der Waals surface area contributed by atoms with Crippen molar-refractivity contribution in [1.29, 1.82) is 0 Å². The van der Waals surface area contributed by atoms with Gasteiger partial charge in [-0.1, -0.05) is 87.8 Å². The zero-order valence-electron chi connectivity index (χ0n) is 11.6. The summed E-state index contributed by atoms with van der Waals surface area (Å²) in [5.74, 6) is 0. The van der Waals surface area contributed by atoms with E-state index in [-0.39, 0.29) is 7.43 Å². The first-order valence-electron chi connectivity index (χ1n) is 5.82. The topological polar surface area (TPSA) is 0 Å². The van der Waals surface area contributed by atoms with Gasteiger partial charge in [-0.15, -0.1) is 0 Å². The van der Waals surface area contributed by atoms with E-state index in [4.69, 9.17) is 0 Å². The molecule has 0 N–H and O–H groups in total. The predicted molar refractivity (Wildman–Crippen MR) is 75.4 cm³/mol. The maximum atomic E-state index is 2.27. The van der Waals surface area contributed by atoms with Crippen LogP contribution in [-0.4, -0.2) is 0 Å². The quantitative estimate of drug-likeness (QED) is 0.464. The van der Waals surface area contributed by atoms with Crippen molar-refractivity contribution in [3.8, 4) is 0 Å². The largest absolute Gasteiger partial charge is 0.0826 e. The minimum atomic E-state index is 0. The summed E-state index contributed by atoms with van der Waals surface area (Å²) in [5.41, 5.74) is 0.653. The van der Waals surface area contributed by atoms with E-state index in [1.54, 1.807) is 0 Å². The molecule has 0 aliphatic heterocycles. The average Bonchev–Trinajstić information content (AvgIpc) is 1.99. The van der Waals surface area contributed by atoms with Crippen LogP contribution in [0.4, 0.5) is 0 Å². The van der Waals surface area contributed by atoms with E-state index in [1.165, 1.54) is 12.8 Å². The summed E-state index contributed by atoms with van der Waals surface area (Å²) in [6, 6.07) is 0. The van der Waals surface area contributed by atoms with Gasteiger partial charge in [0.25, 0.3) is 0 Å². The molecule has 0 bridgehead atoms. The van der Waals surface area contributed by atoms with E-state index < -0.39 is 0 Å². The number of unbranched alkanes of at least 4 members (excludes halogenated alkanes) is 1. The van der Waals surface area contributed by atoms with E-state index in [9.17, 15) is 0 Å². The van der Waals surface area contributed by atoms with Crippen molar-refractivity contribution in [2.45, 2.75) is 75.7 Å². The summed E-state index contributed by atoms with van der Waals surface area (Å²) in [7, 11) is 0. The normalized spacial score (nSPS) is 11.7. The highest BCUT2D eigenvalue weighted by molar-refractivity contribution is 4.98. The summed E-state index contributed by atoms with van der Waals surface area (Å²) in [4.78, 5) is 0. The van der Waals surface area contributed by atoms with Crippen LogP contribution in [0.15, 0.2) is 12.2 Å². The Morgan fingerprint density at radius 1 is 0.667 bits per heavy atom. The van der Waals surface area contributed by atoms with Gasteiger partial charge >= 0.3 is 0 Å². The SMILES string of the molecule is C.CC(C)(C)/C=C\C(C)(C)C.CCCC. The van der Waals surface area contributed by atoms with Gasteiger partial charge in [0.2, 0.25) is 0 Å². The highest BCUT2D eigenvalue weighted by atomic mass is 14.1. The summed E-state index contributed by atoms with van der Waals surface area (Å²) in [6.45, 7) is 17.7. The van der Waals surface area contributed by atoms with Crippen molar-refractivity contribution in [3.63, 3.8) is 0 Å². The third-order valence-electron chi connectivity index (χ3n) is 1.58. The van der Waals surface area contributed by atoms with Crippen molar-refractivity contribution in [1.82, 2.24) is 0 Å². The van der Waals surface area contributed by atoms with Crippen molar-refractivity contribution in [2.75, 3.05) is 0 Å². The Kier molecular flexibility index (Phi) is 12.1. The third-order valence-corrected chi connectivity index (χ3v) is 1.58.